The van der Waals surface area contributed by atoms with Gasteiger partial charge in [0.05, 0.1) is 0 Å². The molecule has 0 aromatic rings. The number of ether oxygens (including phenoxy) is 1. The van der Waals surface area contributed by atoms with Gasteiger partial charge in [-0.1, -0.05) is 0 Å². The maximum atomic E-state index is 5.07. The predicted octanol–water partition coefficient (Wildman–Crippen LogP) is 1.10. The molecule has 2 fully saturated rings. The number of methoxy groups -OCH3 is 1. The first-order chi connectivity index (χ1) is 7.29. The third kappa shape index (κ3) is 2.92. The number of hydrogen-bond acceptors (Lipinski definition) is 3. The molecule has 0 aromatic carbocycles. The van der Waals surface area contributed by atoms with E-state index in [0.29, 0.717) is 0 Å². The van der Waals surface area contributed by atoms with Crippen molar-refractivity contribution in [3.8, 4) is 0 Å². The van der Waals surface area contributed by atoms with Gasteiger partial charge in [-0.05, 0) is 38.6 Å². The van der Waals surface area contributed by atoms with Crippen LogP contribution in [0.15, 0.2) is 0 Å². The molecule has 2 aliphatic rings. The van der Waals surface area contributed by atoms with Gasteiger partial charge in [-0.25, -0.2) is 0 Å². The van der Waals surface area contributed by atoms with Crippen molar-refractivity contribution < 1.29 is 4.74 Å². The molecule has 3 atom stereocenters. The van der Waals surface area contributed by atoms with Crippen LogP contribution < -0.4 is 5.32 Å². The summed E-state index contributed by atoms with van der Waals surface area (Å²) in [6, 6.07) is 1.66. The Hall–Kier alpha value is -0.120. The minimum absolute atomic E-state index is 0.819. The van der Waals surface area contributed by atoms with Gasteiger partial charge >= 0.3 is 0 Å². The van der Waals surface area contributed by atoms with E-state index in [2.05, 4.69) is 17.3 Å². The van der Waals surface area contributed by atoms with Crippen LogP contribution in [-0.4, -0.2) is 50.8 Å². The van der Waals surface area contributed by atoms with Crippen LogP contribution in [0.1, 0.15) is 25.7 Å². The minimum Gasteiger partial charge on any atom is -0.385 e. The molecule has 88 valence electrons. The standard InChI is InChI=1S/C12H24N2O/c1-14(6-3-7-15-2)9-10-8-11-4-5-12(10)13-11/h10-13H,3-9H2,1-2H3. The number of rotatable bonds is 6. The quantitative estimate of drug-likeness (QED) is 0.667. The molecule has 0 aliphatic carbocycles. The third-order valence-electron chi connectivity index (χ3n) is 3.87. The molecule has 1 N–H and O–H groups in total. The highest BCUT2D eigenvalue weighted by atomic mass is 16.5. The molecular formula is C12H24N2O. The van der Waals surface area contributed by atoms with E-state index in [4.69, 9.17) is 4.74 Å². The highest BCUT2D eigenvalue weighted by molar-refractivity contribution is 4.97. The average Bonchev–Trinajstić information content (AvgIpc) is 2.79. The van der Waals surface area contributed by atoms with Crippen molar-refractivity contribution >= 4 is 0 Å². The van der Waals surface area contributed by atoms with Crippen molar-refractivity contribution in [1.82, 2.24) is 10.2 Å². The summed E-state index contributed by atoms with van der Waals surface area (Å²) in [5.74, 6) is 0.899. The van der Waals surface area contributed by atoms with Crippen molar-refractivity contribution in [1.29, 1.82) is 0 Å². The van der Waals surface area contributed by atoms with Crippen LogP contribution in [0.3, 0.4) is 0 Å². The van der Waals surface area contributed by atoms with E-state index in [0.717, 1.165) is 31.0 Å². The molecule has 3 nitrogen and oxygen atoms in total. The van der Waals surface area contributed by atoms with E-state index in [1.165, 1.54) is 32.4 Å². The predicted molar refractivity (Wildman–Crippen MR) is 62.0 cm³/mol. The lowest BCUT2D eigenvalue weighted by atomic mass is 9.89. The molecule has 0 radical (unpaired) electrons. The zero-order valence-electron chi connectivity index (χ0n) is 10.0. The van der Waals surface area contributed by atoms with Gasteiger partial charge in [0.1, 0.15) is 0 Å². The summed E-state index contributed by atoms with van der Waals surface area (Å²) in [6.07, 6.45) is 5.37. The highest BCUT2D eigenvalue weighted by Gasteiger charge is 2.38. The molecule has 2 saturated heterocycles. The zero-order chi connectivity index (χ0) is 10.7. The summed E-state index contributed by atoms with van der Waals surface area (Å²) in [4.78, 5) is 2.46. The number of fused-ring (bicyclic) bond motifs is 2. The fraction of sp³-hybridized carbons (Fsp3) is 1.00. The monoisotopic (exact) mass is 212 g/mol. The maximum Gasteiger partial charge on any atom is 0.0474 e. The zero-order valence-corrected chi connectivity index (χ0v) is 10.0. The van der Waals surface area contributed by atoms with Crippen LogP contribution >= 0.6 is 0 Å². The van der Waals surface area contributed by atoms with Gasteiger partial charge in [-0.3, -0.25) is 0 Å². The van der Waals surface area contributed by atoms with Crippen LogP contribution in [0, 0.1) is 5.92 Å². The topological polar surface area (TPSA) is 24.5 Å². The van der Waals surface area contributed by atoms with Crippen molar-refractivity contribution in [2.24, 2.45) is 5.92 Å². The summed E-state index contributed by atoms with van der Waals surface area (Å²) in [7, 11) is 4.02. The minimum atomic E-state index is 0.819. The van der Waals surface area contributed by atoms with E-state index in [9.17, 15) is 0 Å². The van der Waals surface area contributed by atoms with Crippen LogP contribution in [0.2, 0.25) is 0 Å². The maximum absolute atomic E-state index is 5.07. The lowest BCUT2D eigenvalue weighted by Crippen LogP contribution is -2.33. The first kappa shape index (κ1) is 11.4. The molecule has 0 amide bonds. The molecule has 2 aliphatic heterocycles. The fourth-order valence-corrected chi connectivity index (χ4v) is 3.11. The largest absolute Gasteiger partial charge is 0.385 e. The molecule has 0 aromatic heterocycles. The van der Waals surface area contributed by atoms with Crippen molar-refractivity contribution in [3.63, 3.8) is 0 Å². The lowest BCUT2D eigenvalue weighted by Gasteiger charge is -2.26. The van der Waals surface area contributed by atoms with Gasteiger partial charge in [-0.2, -0.15) is 0 Å². The van der Waals surface area contributed by atoms with Gasteiger partial charge < -0.3 is 15.0 Å². The number of nitrogens with one attached hydrogen (secondary N) is 1. The molecule has 2 rings (SSSR count). The highest BCUT2D eigenvalue weighted by Crippen LogP contribution is 2.33. The van der Waals surface area contributed by atoms with Crippen LogP contribution in [-0.2, 0) is 4.74 Å². The second-order valence-electron chi connectivity index (χ2n) is 5.15. The van der Waals surface area contributed by atoms with Crippen LogP contribution in [0.4, 0.5) is 0 Å². The van der Waals surface area contributed by atoms with E-state index in [1.54, 1.807) is 7.11 Å². The molecule has 2 heterocycles. The van der Waals surface area contributed by atoms with Gasteiger partial charge in [0.25, 0.3) is 0 Å². The van der Waals surface area contributed by atoms with Crippen LogP contribution in [0.25, 0.3) is 0 Å². The SMILES string of the molecule is COCCCN(C)CC1CC2CCC1N2. The van der Waals surface area contributed by atoms with Gasteiger partial charge in [0, 0.05) is 38.9 Å². The first-order valence-corrected chi connectivity index (χ1v) is 6.23. The Kier molecular flexibility index (Phi) is 4.00. The average molecular weight is 212 g/mol. The molecule has 3 unspecified atom stereocenters. The van der Waals surface area contributed by atoms with Crippen molar-refractivity contribution in [3.05, 3.63) is 0 Å². The molecule has 15 heavy (non-hydrogen) atoms. The Morgan fingerprint density at radius 1 is 1.40 bits per heavy atom. The number of hydrogen-bond donors (Lipinski definition) is 1. The van der Waals surface area contributed by atoms with Gasteiger partial charge in [0.15, 0.2) is 0 Å². The van der Waals surface area contributed by atoms with Crippen LogP contribution in [0.5, 0.6) is 0 Å². The summed E-state index contributed by atoms with van der Waals surface area (Å²) >= 11 is 0. The molecule has 0 spiro atoms. The second kappa shape index (κ2) is 5.28. The molecule has 0 saturated carbocycles. The molecular weight excluding hydrogens is 188 g/mol. The lowest BCUT2D eigenvalue weighted by molar-refractivity contribution is 0.171. The Balaban J connectivity index is 1.64. The Morgan fingerprint density at radius 2 is 2.27 bits per heavy atom. The van der Waals surface area contributed by atoms with Crippen molar-refractivity contribution in [2.45, 2.75) is 37.8 Å². The second-order valence-corrected chi connectivity index (χ2v) is 5.15. The number of nitrogens with zero attached hydrogens (tertiary/aromatic N) is 1. The van der Waals surface area contributed by atoms with E-state index < -0.39 is 0 Å². The smallest absolute Gasteiger partial charge is 0.0474 e. The summed E-state index contributed by atoms with van der Waals surface area (Å²) < 4.78 is 5.07. The Bertz CT molecular complexity index is 198. The molecule has 2 bridgehead atoms. The summed E-state index contributed by atoms with van der Waals surface area (Å²) in [5.41, 5.74) is 0. The van der Waals surface area contributed by atoms with E-state index in [1.807, 2.05) is 0 Å². The van der Waals surface area contributed by atoms with Gasteiger partial charge in [0.2, 0.25) is 0 Å². The Morgan fingerprint density at radius 3 is 2.87 bits per heavy atom. The van der Waals surface area contributed by atoms with Gasteiger partial charge in [-0.15, -0.1) is 0 Å². The first-order valence-electron chi connectivity index (χ1n) is 6.23. The third-order valence-corrected chi connectivity index (χ3v) is 3.87. The fourth-order valence-electron chi connectivity index (χ4n) is 3.11. The molecule has 3 heteroatoms. The van der Waals surface area contributed by atoms with E-state index in [-0.39, 0.29) is 0 Å². The van der Waals surface area contributed by atoms with Crippen molar-refractivity contribution in [2.75, 3.05) is 33.9 Å². The Labute approximate surface area is 93.2 Å². The summed E-state index contributed by atoms with van der Waals surface area (Å²) in [6.45, 7) is 3.32. The summed E-state index contributed by atoms with van der Waals surface area (Å²) in [5, 5.41) is 3.70. The van der Waals surface area contributed by atoms with E-state index >= 15 is 0 Å². The normalized spacial score (nSPS) is 34.2.